The zero-order valence-corrected chi connectivity index (χ0v) is 28.8. The summed E-state index contributed by atoms with van der Waals surface area (Å²) in [6.07, 6.45) is 3.51. The summed E-state index contributed by atoms with van der Waals surface area (Å²) < 4.78 is 12.2. The zero-order valence-electron chi connectivity index (χ0n) is 27.2. The first-order valence-corrected chi connectivity index (χ1v) is 19.5. The number of benzene rings is 1. The first-order chi connectivity index (χ1) is 23.5. The fourth-order valence-electron chi connectivity index (χ4n) is 9.64. The Labute approximate surface area is 292 Å². The van der Waals surface area contributed by atoms with E-state index in [2.05, 4.69) is 16.7 Å². The first kappa shape index (κ1) is 33.4. The lowest BCUT2D eigenvalue weighted by Crippen LogP contribution is -2.69. The van der Waals surface area contributed by atoms with Crippen LogP contribution in [0.5, 0.6) is 5.75 Å². The van der Waals surface area contributed by atoms with Crippen molar-refractivity contribution < 1.29 is 44.6 Å². The average Bonchev–Trinajstić information content (AvgIpc) is 3.51. The maximum atomic E-state index is 14.7. The minimum atomic E-state index is -2.16. The van der Waals surface area contributed by atoms with Gasteiger partial charge in [-0.3, -0.25) is 9.59 Å². The Morgan fingerprint density at radius 2 is 1.92 bits per heavy atom. The van der Waals surface area contributed by atoms with Gasteiger partial charge < -0.3 is 45.6 Å². The number of fused-ring (bicyclic) bond motifs is 2. The van der Waals surface area contributed by atoms with E-state index < -0.39 is 59.3 Å². The van der Waals surface area contributed by atoms with E-state index in [4.69, 9.17) is 9.47 Å². The molecule has 4 aliphatic carbocycles. The molecule has 8 rings (SSSR count). The SMILES string of the molecule is CC1=CC2C(=O)c3cccc4c3C(=O)C2(CSSCNC2=CC3=C(CCC5CCCC35CC3(O)C(O)C(CO)OC(O4)C3O)CN2)C(O)=C1. The van der Waals surface area contributed by atoms with E-state index in [0.717, 1.165) is 43.5 Å². The third kappa shape index (κ3) is 4.91. The van der Waals surface area contributed by atoms with Crippen molar-refractivity contribution >= 4 is 33.2 Å². The molecular formula is C36H42N2O9S2. The second-order valence-electron chi connectivity index (χ2n) is 14.6. The van der Waals surface area contributed by atoms with Crippen LogP contribution in [0.1, 0.15) is 66.2 Å². The van der Waals surface area contributed by atoms with Gasteiger partial charge in [0, 0.05) is 23.3 Å². The molecule has 1 saturated heterocycles. The summed E-state index contributed by atoms with van der Waals surface area (Å²) in [5.41, 5.74) is -1.20. The molecule has 7 aliphatic rings. The molecule has 11 nitrogen and oxygen atoms in total. The topological polar surface area (TPSA) is 178 Å². The van der Waals surface area contributed by atoms with Gasteiger partial charge in [-0.15, -0.1) is 0 Å². The number of carbonyl (C=O) groups excluding carboxylic acids is 2. The molecule has 49 heavy (non-hydrogen) atoms. The molecule has 2 spiro atoms. The number of ketones is 2. The van der Waals surface area contributed by atoms with E-state index in [0.29, 0.717) is 18.0 Å². The molecule has 9 unspecified atom stereocenters. The van der Waals surface area contributed by atoms with Gasteiger partial charge in [-0.25, -0.2) is 0 Å². The molecule has 3 heterocycles. The smallest absolute Gasteiger partial charge is 0.229 e. The third-order valence-corrected chi connectivity index (χ3v) is 14.3. The number of aliphatic hydroxyl groups excluding tert-OH is 4. The Kier molecular flexibility index (Phi) is 8.29. The highest BCUT2D eigenvalue weighted by molar-refractivity contribution is 8.76. The highest BCUT2D eigenvalue weighted by Crippen LogP contribution is 2.61. The van der Waals surface area contributed by atoms with Gasteiger partial charge in [0.1, 0.15) is 40.8 Å². The van der Waals surface area contributed by atoms with Gasteiger partial charge >= 0.3 is 0 Å². The number of dihydropyridines is 1. The van der Waals surface area contributed by atoms with Crippen molar-refractivity contribution in [2.45, 2.75) is 75.7 Å². The minimum absolute atomic E-state index is 0.0133. The summed E-state index contributed by atoms with van der Waals surface area (Å²) >= 11 is 0. The van der Waals surface area contributed by atoms with E-state index >= 15 is 0 Å². The molecule has 13 heteroatoms. The molecule has 1 aromatic carbocycles. The van der Waals surface area contributed by atoms with Crippen LogP contribution in [0.25, 0.3) is 0 Å². The molecule has 1 aromatic rings. The fourth-order valence-corrected chi connectivity index (χ4v) is 11.9. The highest BCUT2D eigenvalue weighted by Gasteiger charge is 2.63. The molecule has 2 fully saturated rings. The van der Waals surface area contributed by atoms with Gasteiger partial charge in [-0.1, -0.05) is 51.8 Å². The van der Waals surface area contributed by atoms with E-state index in [1.54, 1.807) is 25.1 Å². The van der Waals surface area contributed by atoms with Crippen molar-refractivity contribution in [3.63, 3.8) is 0 Å². The second-order valence-corrected chi connectivity index (χ2v) is 17.0. The van der Waals surface area contributed by atoms with Crippen molar-refractivity contribution in [2.75, 3.05) is 24.8 Å². The highest BCUT2D eigenvalue weighted by atomic mass is 33.1. The normalized spacial score (nSPS) is 40.2. The Morgan fingerprint density at radius 1 is 1.08 bits per heavy atom. The van der Waals surface area contributed by atoms with Crippen LogP contribution < -0.4 is 15.4 Å². The molecule has 7 N–H and O–H groups in total. The summed E-state index contributed by atoms with van der Waals surface area (Å²) in [5, 5.41) is 64.9. The number of hydrogen-bond donors (Lipinski definition) is 7. The van der Waals surface area contributed by atoms with E-state index in [-0.39, 0.29) is 46.5 Å². The lowest BCUT2D eigenvalue weighted by atomic mass is 9.58. The number of nitrogens with one attached hydrogen (secondary N) is 2. The lowest BCUT2D eigenvalue weighted by Gasteiger charge is -2.53. The predicted octanol–water partition coefficient (Wildman–Crippen LogP) is 3.27. The largest absolute Gasteiger partial charge is 0.511 e. The van der Waals surface area contributed by atoms with Crippen molar-refractivity contribution in [1.29, 1.82) is 0 Å². The Balaban J connectivity index is 1.27. The third-order valence-electron chi connectivity index (χ3n) is 12.1. The monoisotopic (exact) mass is 710 g/mol. The summed E-state index contributed by atoms with van der Waals surface area (Å²) in [6, 6.07) is 4.61. The van der Waals surface area contributed by atoms with Gasteiger partial charge in [0.2, 0.25) is 6.29 Å². The number of rotatable bonds is 1. The number of carbonyl (C=O) groups is 2. The second kappa shape index (κ2) is 12.2. The average molecular weight is 711 g/mol. The van der Waals surface area contributed by atoms with Gasteiger partial charge in [-0.05, 0) is 74.3 Å². The zero-order chi connectivity index (χ0) is 34.3. The Hall–Kier alpha value is -2.78. The molecular weight excluding hydrogens is 669 g/mol. The van der Waals surface area contributed by atoms with Crippen LogP contribution in [-0.2, 0) is 4.74 Å². The van der Waals surface area contributed by atoms with Crippen LogP contribution in [0.4, 0.5) is 0 Å². The van der Waals surface area contributed by atoms with Crippen molar-refractivity contribution in [3.8, 4) is 5.75 Å². The van der Waals surface area contributed by atoms with E-state index in [1.807, 2.05) is 0 Å². The van der Waals surface area contributed by atoms with Gasteiger partial charge in [0.15, 0.2) is 11.6 Å². The molecule has 0 aromatic heterocycles. The van der Waals surface area contributed by atoms with Crippen molar-refractivity contribution in [3.05, 3.63) is 75.9 Å². The summed E-state index contributed by atoms with van der Waals surface area (Å²) in [4.78, 5) is 28.9. The molecule has 1 saturated carbocycles. The molecule has 3 aliphatic heterocycles. The van der Waals surface area contributed by atoms with Crippen LogP contribution in [0.15, 0.2) is 64.7 Å². The van der Waals surface area contributed by atoms with Crippen LogP contribution in [0.3, 0.4) is 0 Å². The van der Waals surface area contributed by atoms with Crippen LogP contribution in [-0.4, -0.2) is 92.1 Å². The standard InChI is InChI=1S/C36H42N2O9S2/c1-18-10-23-29(41)21-5-2-6-24-28(21)31(43)35(23,26(40)11-18)16-48-49-17-38-27-12-22-19(13-37-27)7-8-20-4-3-9-34(20,22)15-36(45)30(42)25(14-39)47-33(46-24)32(36)44/h2,5-6,10-12,20,23,25,30,32-33,37-40,42,44-45H,3-4,7-9,13-17H2,1H3. The number of ether oxygens (including phenoxy) is 2. The van der Waals surface area contributed by atoms with Crippen LogP contribution in [0.2, 0.25) is 0 Å². The van der Waals surface area contributed by atoms with Crippen molar-refractivity contribution in [2.24, 2.45) is 22.7 Å². The number of Topliss-reactive ketones (excluding diaryl/α,β-unsaturated/α-hetero) is 2. The fraction of sp³-hybridized carbons (Fsp3) is 0.556. The number of hydrogen-bond acceptors (Lipinski definition) is 13. The molecule has 262 valence electrons. The van der Waals surface area contributed by atoms with Crippen LogP contribution >= 0.6 is 21.6 Å². The summed E-state index contributed by atoms with van der Waals surface area (Å²) in [7, 11) is 2.87. The number of allylic oxidation sites excluding steroid dienone is 6. The lowest BCUT2D eigenvalue weighted by molar-refractivity contribution is -0.320. The van der Waals surface area contributed by atoms with Crippen LogP contribution in [0, 0.1) is 22.7 Å². The molecule has 0 amide bonds. The van der Waals surface area contributed by atoms with Gasteiger partial charge in [0.25, 0.3) is 0 Å². The Bertz CT molecular complexity index is 1730. The molecule has 0 radical (unpaired) electrons. The molecule has 9 atom stereocenters. The summed E-state index contributed by atoms with van der Waals surface area (Å²) in [5.74, 6) is -0.457. The molecule has 6 bridgehead atoms. The predicted molar refractivity (Wildman–Crippen MR) is 184 cm³/mol. The van der Waals surface area contributed by atoms with E-state index in [1.165, 1.54) is 39.3 Å². The minimum Gasteiger partial charge on any atom is -0.511 e. The quantitative estimate of drug-likeness (QED) is 0.212. The van der Waals surface area contributed by atoms with Crippen molar-refractivity contribution in [1.82, 2.24) is 10.6 Å². The first-order valence-electron chi connectivity index (χ1n) is 17.0. The van der Waals surface area contributed by atoms with Gasteiger partial charge in [-0.2, -0.15) is 0 Å². The summed E-state index contributed by atoms with van der Waals surface area (Å²) in [6.45, 7) is 1.74. The van der Waals surface area contributed by atoms with E-state index in [9.17, 15) is 35.1 Å². The maximum Gasteiger partial charge on any atom is 0.229 e. The maximum absolute atomic E-state index is 14.7. The van der Waals surface area contributed by atoms with Gasteiger partial charge in [0.05, 0.1) is 29.8 Å². The Morgan fingerprint density at radius 3 is 2.73 bits per heavy atom. The number of aliphatic hydroxyl groups is 5.